The van der Waals surface area contributed by atoms with E-state index < -0.39 is 11.9 Å². The van der Waals surface area contributed by atoms with Crippen LogP contribution in [0.5, 0.6) is 0 Å². The summed E-state index contributed by atoms with van der Waals surface area (Å²) in [5.41, 5.74) is 8.16. The van der Waals surface area contributed by atoms with Crippen molar-refractivity contribution in [2.75, 3.05) is 0 Å². The highest BCUT2D eigenvalue weighted by Crippen LogP contribution is 2.42. The Morgan fingerprint density at radius 2 is 1.61 bits per heavy atom. The Bertz CT molecular complexity index is 1280. The Morgan fingerprint density at radius 1 is 0.839 bits per heavy atom. The molecule has 0 atom stereocenters. The zero-order chi connectivity index (χ0) is 21.5. The quantitative estimate of drug-likeness (QED) is 0.586. The van der Waals surface area contributed by atoms with Crippen LogP contribution in [0.25, 0.3) is 22.5 Å². The smallest absolute Gasteiger partial charge is 0.335 e. The largest absolute Gasteiger partial charge is 0.478 e. The topological polar surface area (TPSA) is 79.5 Å². The molecule has 31 heavy (non-hydrogen) atoms. The zero-order valence-electron chi connectivity index (χ0n) is 16.8. The Kier molecular flexibility index (Phi) is 4.59. The molecule has 5 heteroatoms. The van der Waals surface area contributed by atoms with Gasteiger partial charge < -0.3 is 14.8 Å². The molecule has 1 aromatic heterocycles. The van der Waals surface area contributed by atoms with Gasteiger partial charge in [0.2, 0.25) is 0 Å². The van der Waals surface area contributed by atoms with Gasteiger partial charge in [-0.15, -0.1) is 0 Å². The number of aromatic carboxylic acids is 2. The van der Waals surface area contributed by atoms with Gasteiger partial charge in [0, 0.05) is 16.9 Å². The van der Waals surface area contributed by atoms with E-state index in [4.69, 9.17) is 0 Å². The molecule has 0 saturated heterocycles. The summed E-state index contributed by atoms with van der Waals surface area (Å²) in [5, 5.41) is 18.7. The second kappa shape index (κ2) is 7.43. The lowest BCUT2D eigenvalue weighted by molar-refractivity contribution is 0.0686. The Hall–Kier alpha value is -3.86. The van der Waals surface area contributed by atoms with Gasteiger partial charge in [0.25, 0.3) is 0 Å². The van der Waals surface area contributed by atoms with E-state index >= 15 is 0 Å². The van der Waals surface area contributed by atoms with Gasteiger partial charge in [-0.1, -0.05) is 35.9 Å². The Labute approximate surface area is 179 Å². The summed E-state index contributed by atoms with van der Waals surface area (Å²) < 4.78 is 2.13. The molecule has 0 aliphatic heterocycles. The number of nitrogens with zero attached hydrogens (tertiary/aromatic N) is 1. The van der Waals surface area contributed by atoms with Crippen LogP contribution < -0.4 is 0 Å². The number of hydrogen-bond donors (Lipinski definition) is 2. The van der Waals surface area contributed by atoms with Crippen molar-refractivity contribution < 1.29 is 19.8 Å². The molecule has 2 aromatic carbocycles. The van der Waals surface area contributed by atoms with Crippen molar-refractivity contribution in [1.29, 1.82) is 0 Å². The van der Waals surface area contributed by atoms with E-state index in [-0.39, 0.29) is 11.1 Å². The standard InChI is InChI=1S/C26H21NO4/c28-25(29)18-10-8-17(9-11-18)24-15-22-21-7-2-1-4-16(21)12-13-23(22)27(24)20-6-3-5-19(14-20)26(30)31/h2-3,5-11,14-15H,1,4,12-13H2,(H,28,29)(H,30,31). The molecule has 2 aliphatic rings. The summed E-state index contributed by atoms with van der Waals surface area (Å²) in [5.74, 6) is -1.92. The number of rotatable bonds is 4. The number of carboxylic acid groups (broad SMARTS) is 2. The summed E-state index contributed by atoms with van der Waals surface area (Å²) in [6.45, 7) is 0. The monoisotopic (exact) mass is 411 g/mol. The van der Waals surface area contributed by atoms with Gasteiger partial charge in [-0.3, -0.25) is 0 Å². The first-order valence-corrected chi connectivity index (χ1v) is 10.3. The second-order valence-corrected chi connectivity index (χ2v) is 7.92. The highest BCUT2D eigenvalue weighted by molar-refractivity contribution is 5.90. The minimum absolute atomic E-state index is 0.236. The van der Waals surface area contributed by atoms with Gasteiger partial charge in [-0.2, -0.15) is 0 Å². The third-order valence-electron chi connectivity index (χ3n) is 6.11. The van der Waals surface area contributed by atoms with E-state index in [0.717, 1.165) is 48.3 Å². The first-order chi connectivity index (χ1) is 15.0. The fraction of sp³-hybridized carbons (Fsp3) is 0.154. The lowest BCUT2D eigenvalue weighted by atomic mass is 9.84. The van der Waals surface area contributed by atoms with Crippen LogP contribution in [0.2, 0.25) is 0 Å². The number of hydrogen-bond acceptors (Lipinski definition) is 2. The van der Waals surface area contributed by atoms with Crippen molar-refractivity contribution in [3.8, 4) is 16.9 Å². The summed E-state index contributed by atoms with van der Waals surface area (Å²) >= 11 is 0. The first-order valence-electron chi connectivity index (χ1n) is 10.3. The first kappa shape index (κ1) is 19.1. The average Bonchev–Trinajstić information content (AvgIpc) is 3.19. The van der Waals surface area contributed by atoms with Crippen LogP contribution in [-0.4, -0.2) is 26.7 Å². The molecule has 0 saturated carbocycles. The van der Waals surface area contributed by atoms with Gasteiger partial charge in [-0.05, 0) is 73.2 Å². The van der Waals surface area contributed by atoms with Gasteiger partial charge in [0.15, 0.2) is 0 Å². The van der Waals surface area contributed by atoms with Crippen LogP contribution in [0.15, 0.2) is 72.3 Å². The van der Waals surface area contributed by atoms with Crippen LogP contribution in [0, 0.1) is 0 Å². The molecule has 1 heterocycles. The summed E-state index contributed by atoms with van der Waals surface area (Å²) in [6, 6.07) is 16.0. The maximum Gasteiger partial charge on any atom is 0.335 e. The molecule has 0 fully saturated rings. The summed E-state index contributed by atoms with van der Waals surface area (Å²) in [6.07, 6.45) is 8.43. The third-order valence-corrected chi connectivity index (χ3v) is 6.11. The second-order valence-electron chi connectivity index (χ2n) is 7.92. The maximum atomic E-state index is 11.6. The predicted molar refractivity (Wildman–Crippen MR) is 119 cm³/mol. The van der Waals surface area contributed by atoms with Gasteiger partial charge in [0.05, 0.1) is 16.8 Å². The minimum Gasteiger partial charge on any atom is -0.478 e. The number of aromatic nitrogens is 1. The Balaban J connectivity index is 1.74. The fourth-order valence-corrected chi connectivity index (χ4v) is 4.62. The van der Waals surface area contributed by atoms with Crippen molar-refractivity contribution in [2.24, 2.45) is 0 Å². The van der Waals surface area contributed by atoms with Crippen molar-refractivity contribution in [3.63, 3.8) is 0 Å². The van der Waals surface area contributed by atoms with E-state index in [1.54, 1.807) is 30.3 Å². The molecule has 0 unspecified atom stereocenters. The summed E-state index contributed by atoms with van der Waals surface area (Å²) in [4.78, 5) is 22.9. The number of carbonyl (C=O) groups is 2. The van der Waals surface area contributed by atoms with Gasteiger partial charge in [0.1, 0.15) is 0 Å². The number of allylic oxidation sites excluding steroid dienone is 4. The molecule has 0 amide bonds. The van der Waals surface area contributed by atoms with Crippen LogP contribution >= 0.6 is 0 Å². The van der Waals surface area contributed by atoms with Crippen LogP contribution in [0.3, 0.4) is 0 Å². The number of carboxylic acids is 2. The molecular formula is C26H21NO4. The zero-order valence-corrected chi connectivity index (χ0v) is 16.8. The van der Waals surface area contributed by atoms with E-state index in [0.29, 0.717) is 0 Å². The van der Waals surface area contributed by atoms with Crippen molar-refractivity contribution >= 4 is 17.5 Å². The van der Waals surface area contributed by atoms with Crippen molar-refractivity contribution in [2.45, 2.75) is 25.7 Å². The normalized spacial score (nSPS) is 14.8. The highest BCUT2D eigenvalue weighted by Gasteiger charge is 2.26. The van der Waals surface area contributed by atoms with Gasteiger partial charge in [-0.25, -0.2) is 9.59 Å². The maximum absolute atomic E-state index is 11.6. The molecule has 5 nitrogen and oxygen atoms in total. The summed E-state index contributed by atoms with van der Waals surface area (Å²) in [7, 11) is 0. The predicted octanol–water partition coefficient (Wildman–Crippen LogP) is 5.59. The molecule has 0 spiro atoms. The molecule has 2 N–H and O–H groups in total. The van der Waals surface area contributed by atoms with Crippen LogP contribution in [-0.2, 0) is 6.42 Å². The lowest BCUT2D eigenvalue weighted by Crippen LogP contribution is -2.10. The molecule has 0 bridgehead atoms. The SMILES string of the molecule is O=C(O)c1ccc(-c2cc3c(n2-c2cccc(C(=O)O)c2)CCC2=C3C=CCC2)cc1. The molecule has 5 rings (SSSR count). The number of fused-ring (bicyclic) bond motifs is 2. The molecule has 3 aromatic rings. The molecular weight excluding hydrogens is 390 g/mol. The molecule has 154 valence electrons. The van der Waals surface area contributed by atoms with E-state index in [1.807, 2.05) is 18.2 Å². The van der Waals surface area contributed by atoms with Crippen molar-refractivity contribution in [1.82, 2.24) is 4.57 Å². The third kappa shape index (κ3) is 3.28. The van der Waals surface area contributed by atoms with E-state index in [9.17, 15) is 19.8 Å². The highest BCUT2D eigenvalue weighted by atomic mass is 16.4. The average molecular weight is 411 g/mol. The minimum atomic E-state index is -0.963. The van der Waals surface area contributed by atoms with Crippen LogP contribution in [0.4, 0.5) is 0 Å². The molecule has 2 aliphatic carbocycles. The molecule has 0 radical (unpaired) electrons. The fourth-order valence-electron chi connectivity index (χ4n) is 4.62. The Morgan fingerprint density at radius 3 is 2.35 bits per heavy atom. The van der Waals surface area contributed by atoms with E-state index in [2.05, 4.69) is 22.8 Å². The van der Waals surface area contributed by atoms with E-state index in [1.165, 1.54) is 16.7 Å². The van der Waals surface area contributed by atoms with Crippen molar-refractivity contribution in [3.05, 3.63) is 94.7 Å². The number of benzene rings is 2. The van der Waals surface area contributed by atoms with Crippen LogP contribution in [0.1, 0.15) is 51.2 Å². The lowest BCUT2D eigenvalue weighted by Gasteiger charge is -2.23. The van der Waals surface area contributed by atoms with Gasteiger partial charge >= 0.3 is 11.9 Å².